The molecule has 0 aliphatic heterocycles. The van der Waals surface area contributed by atoms with Crippen molar-refractivity contribution >= 4 is 32.6 Å². The molecule has 0 radical (unpaired) electrons. The van der Waals surface area contributed by atoms with E-state index >= 15 is 0 Å². The predicted octanol–water partition coefficient (Wildman–Crippen LogP) is 2.37. The summed E-state index contributed by atoms with van der Waals surface area (Å²) >= 11 is 0. The molecule has 0 atom stereocenters. The van der Waals surface area contributed by atoms with E-state index in [4.69, 9.17) is 5.11 Å². The summed E-state index contributed by atoms with van der Waals surface area (Å²) in [6.45, 7) is 1.05. The minimum Gasteiger partial charge on any atom is -0.480 e. The number of aliphatic carboxylic acids is 1. The fraction of sp³-hybridized carbons (Fsp3) is 0.125. The smallest absolute Gasteiger partial charge is 0.323 e. The molecule has 3 rings (SSSR count). The Labute approximate surface area is 142 Å². The van der Waals surface area contributed by atoms with E-state index in [0.29, 0.717) is 5.52 Å². The standard InChI is InChI=1S/C16H14FN3O4S/c1-10-16(25(23,24)19-12-3-2-6-18-8-12)13-7-11(17)4-5-14(13)20(10)9-15(21)22/h2-8,19H,9H2,1H3,(H,21,22). The van der Waals surface area contributed by atoms with Gasteiger partial charge in [0.15, 0.2) is 0 Å². The number of benzene rings is 1. The molecule has 0 unspecified atom stereocenters. The molecule has 0 bridgehead atoms. The van der Waals surface area contributed by atoms with Crippen LogP contribution in [-0.2, 0) is 21.4 Å². The predicted molar refractivity (Wildman–Crippen MR) is 89.3 cm³/mol. The van der Waals surface area contributed by atoms with Crippen LogP contribution in [0, 0.1) is 12.7 Å². The van der Waals surface area contributed by atoms with Crippen molar-refractivity contribution in [3.8, 4) is 0 Å². The quantitative estimate of drug-likeness (QED) is 0.725. The average Bonchev–Trinajstić information content (AvgIpc) is 2.79. The Bertz CT molecular complexity index is 1060. The molecular formula is C16H14FN3O4S. The number of anilines is 1. The van der Waals surface area contributed by atoms with E-state index in [9.17, 15) is 17.6 Å². The maximum atomic E-state index is 13.7. The summed E-state index contributed by atoms with van der Waals surface area (Å²) in [5, 5.41) is 9.20. The third-order valence-electron chi connectivity index (χ3n) is 3.70. The van der Waals surface area contributed by atoms with Crippen LogP contribution in [0.3, 0.4) is 0 Å². The minimum absolute atomic E-state index is 0.121. The molecular weight excluding hydrogens is 349 g/mol. The van der Waals surface area contributed by atoms with Crippen LogP contribution in [0.15, 0.2) is 47.6 Å². The lowest BCUT2D eigenvalue weighted by Crippen LogP contribution is -2.15. The lowest BCUT2D eigenvalue weighted by atomic mass is 10.2. The van der Waals surface area contributed by atoms with Gasteiger partial charge in [-0.2, -0.15) is 0 Å². The van der Waals surface area contributed by atoms with Gasteiger partial charge in [0.2, 0.25) is 0 Å². The highest BCUT2D eigenvalue weighted by molar-refractivity contribution is 7.93. The molecule has 25 heavy (non-hydrogen) atoms. The van der Waals surface area contributed by atoms with Crippen LogP contribution in [0.5, 0.6) is 0 Å². The van der Waals surface area contributed by atoms with Crippen molar-refractivity contribution in [2.24, 2.45) is 0 Å². The zero-order valence-electron chi connectivity index (χ0n) is 13.1. The van der Waals surface area contributed by atoms with Crippen molar-refractivity contribution in [1.82, 2.24) is 9.55 Å². The van der Waals surface area contributed by atoms with Gasteiger partial charge in [-0.25, -0.2) is 12.8 Å². The number of halogens is 1. The second-order valence-corrected chi connectivity index (χ2v) is 7.02. The van der Waals surface area contributed by atoms with E-state index in [-0.39, 0.29) is 21.7 Å². The topological polar surface area (TPSA) is 101 Å². The Morgan fingerprint density at radius 2 is 2.12 bits per heavy atom. The number of rotatable bonds is 5. The Hall–Kier alpha value is -2.94. The van der Waals surface area contributed by atoms with Crippen molar-refractivity contribution in [2.75, 3.05) is 4.72 Å². The summed E-state index contributed by atoms with van der Waals surface area (Å²) in [5.41, 5.74) is 0.782. The van der Waals surface area contributed by atoms with E-state index < -0.39 is 28.4 Å². The van der Waals surface area contributed by atoms with Gasteiger partial charge in [0, 0.05) is 17.3 Å². The van der Waals surface area contributed by atoms with Crippen molar-refractivity contribution in [3.63, 3.8) is 0 Å². The highest BCUT2D eigenvalue weighted by atomic mass is 32.2. The number of hydrogen-bond donors (Lipinski definition) is 2. The number of carboxylic acids is 1. The van der Waals surface area contributed by atoms with Gasteiger partial charge in [-0.05, 0) is 37.3 Å². The summed E-state index contributed by atoms with van der Waals surface area (Å²) in [6.07, 6.45) is 2.83. The van der Waals surface area contributed by atoms with Gasteiger partial charge in [0.25, 0.3) is 10.0 Å². The lowest BCUT2D eigenvalue weighted by Gasteiger charge is -2.09. The number of nitrogens with zero attached hydrogens (tertiary/aromatic N) is 2. The highest BCUT2D eigenvalue weighted by Gasteiger charge is 2.26. The first-order valence-corrected chi connectivity index (χ1v) is 8.71. The maximum absolute atomic E-state index is 13.7. The molecule has 2 heterocycles. The number of pyridine rings is 1. The van der Waals surface area contributed by atoms with Crippen LogP contribution in [0.25, 0.3) is 10.9 Å². The molecule has 1 aromatic carbocycles. The van der Waals surface area contributed by atoms with Crippen molar-refractivity contribution in [1.29, 1.82) is 0 Å². The summed E-state index contributed by atoms with van der Waals surface area (Å²) in [7, 11) is -4.07. The number of hydrogen-bond acceptors (Lipinski definition) is 4. The Morgan fingerprint density at radius 1 is 1.36 bits per heavy atom. The SMILES string of the molecule is Cc1c(S(=O)(=O)Nc2cccnc2)c2cc(F)ccc2n1CC(=O)O. The number of carboxylic acid groups (broad SMARTS) is 1. The van der Waals surface area contributed by atoms with E-state index in [1.165, 1.54) is 36.0 Å². The molecule has 130 valence electrons. The number of aromatic nitrogens is 2. The van der Waals surface area contributed by atoms with Crippen LogP contribution in [-0.4, -0.2) is 29.0 Å². The van der Waals surface area contributed by atoms with E-state index in [2.05, 4.69) is 9.71 Å². The molecule has 0 fully saturated rings. The number of carbonyl (C=O) groups is 1. The van der Waals surface area contributed by atoms with Crippen LogP contribution >= 0.6 is 0 Å². The van der Waals surface area contributed by atoms with E-state index in [0.717, 1.165) is 12.1 Å². The molecule has 2 N–H and O–H groups in total. The molecule has 0 aliphatic carbocycles. The first-order chi connectivity index (χ1) is 11.8. The third kappa shape index (κ3) is 3.18. The lowest BCUT2D eigenvalue weighted by molar-refractivity contribution is -0.137. The first-order valence-electron chi connectivity index (χ1n) is 7.22. The van der Waals surface area contributed by atoms with Gasteiger partial charge in [-0.3, -0.25) is 14.5 Å². The first kappa shape index (κ1) is 16.9. The maximum Gasteiger partial charge on any atom is 0.323 e. The number of sulfonamides is 1. The van der Waals surface area contributed by atoms with Crippen LogP contribution in [0.4, 0.5) is 10.1 Å². The van der Waals surface area contributed by atoms with Gasteiger partial charge in [-0.15, -0.1) is 0 Å². The summed E-state index contributed by atoms with van der Waals surface area (Å²) < 4.78 is 43.0. The minimum atomic E-state index is -4.07. The van der Waals surface area contributed by atoms with E-state index in [1.54, 1.807) is 6.07 Å². The molecule has 0 spiro atoms. The molecule has 0 amide bonds. The zero-order chi connectivity index (χ0) is 18.2. The summed E-state index contributed by atoms with van der Waals surface area (Å²) in [4.78, 5) is 14.8. The monoisotopic (exact) mass is 363 g/mol. The third-order valence-corrected chi connectivity index (χ3v) is 5.26. The second kappa shape index (κ2) is 6.17. The Balaban J connectivity index is 2.22. The number of fused-ring (bicyclic) bond motifs is 1. The fourth-order valence-electron chi connectivity index (χ4n) is 2.73. The highest BCUT2D eigenvalue weighted by Crippen LogP contribution is 2.31. The van der Waals surface area contributed by atoms with Gasteiger partial charge in [0.1, 0.15) is 17.3 Å². The molecule has 0 aliphatic rings. The zero-order valence-corrected chi connectivity index (χ0v) is 13.9. The molecule has 3 aromatic rings. The van der Waals surface area contributed by atoms with Crippen molar-refractivity contribution in [2.45, 2.75) is 18.4 Å². The fourth-order valence-corrected chi connectivity index (χ4v) is 4.22. The normalized spacial score (nSPS) is 11.6. The molecule has 9 heteroatoms. The molecule has 7 nitrogen and oxygen atoms in total. The van der Waals surface area contributed by atoms with Crippen molar-refractivity contribution in [3.05, 3.63) is 54.2 Å². The van der Waals surface area contributed by atoms with Crippen LogP contribution < -0.4 is 4.72 Å². The van der Waals surface area contributed by atoms with Gasteiger partial charge >= 0.3 is 5.97 Å². The summed E-state index contributed by atoms with van der Waals surface area (Å²) in [6, 6.07) is 6.70. The molecule has 0 saturated heterocycles. The Morgan fingerprint density at radius 3 is 2.76 bits per heavy atom. The number of nitrogens with one attached hydrogen (secondary N) is 1. The van der Waals surface area contributed by atoms with Crippen LogP contribution in [0.1, 0.15) is 5.69 Å². The Kier molecular flexibility index (Phi) is 4.17. The van der Waals surface area contributed by atoms with Crippen molar-refractivity contribution < 1.29 is 22.7 Å². The average molecular weight is 363 g/mol. The molecule has 0 saturated carbocycles. The molecule has 2 aromatic heterocycles. The second-order valence-electron chi connectivity index (χ2n) is 5.40. The summed E-state index contributed by atoms with van der Waals surface area (Å²) in [5.74, 6) is -1.74. The van der Waals surface area contributed by atoms with Crippen LogP contribution in [0.2, 0.25) is 0 Å². The van der Waals surface area contributed by atoms with Gasteiger partial charge < -0.3 is 9.67 Å². The largest absolute Gasteiger partial charge is 0.480 e. The van der Waals surface area contributed by atoms with E-state index in [1.807, 2.05) is 0 Å². The van der Waals surface area contributed by atoms with Gasteiger partial charge in [0.05, 0.1) is 17.4 Å². The van der Waals surface area contributed by atoms with Gasteiger partial charge in [-0.1, -0.05) is 0 Å².